The number of nitrogens with zero attached hydrogens (tertiary/aromatic N) is 1. The lowest BCUT2D eigenvalue weighted by Gasteiger charge is -2.36. The molecule has 0 saturated carbocycles. The van der Waals surface area contributed by atoms with Gasteiger partial charge in [-0.1, -0.05) is 26.8 Å². The minimum absolute atomic E-state index is 0.293. The van der Waals surface area contributed by atoms with E-state index in [0.717, 1.165) is 19.6 Å². The van der Waals surface area contributed by atoms with E-state index in [1.165, 1.54) is 11.3 Å². The van der Waals surface area contributed by atoms with Crippen molar-refractivity contribution in [3.8, 4) is 0 Å². The lowest BCUT2D eigenvalue weighted by Crippen LogP contribution is -2.45. The first-order chi connectivity index (χ1) is 8.45. The van der Waals surface area contributed by atoms with Gasteiger partial charge in [0.15, 0.2) is 0 Å². The monoisotopic (exact) mass is 268 g/mol. The molecule has 1 unspecified atom stereocenters. The van der Waals surface area contributed by atoms with Crippen molar-refractivity contribution >= 4 is 11.3 Å². The Hall–Kier alpha value is -0.380. The molecule has 0 spiro atoms. The maximum absolute atomic E-state index is 3.61. The highest BCUT2D eigenvalue weighted by Crippen LogP contribution is 2.23. The Kier molecular flexibility index (Phi) is 6.33. The number of hydrogen-bond donors (Lipinski definition) is 1. The molecule has 0 amide bonds. The summed E-state index contributed by atoms with van der Waals surface area (Å²) in [5.41, 5.74) is 0.293. The van der Waals surface area contributed by atoms with Gasteiger partial charge in [-0.15, -0.1) is 11.3 Å². The predicted molar refractivity (Wildman–Crippen MR) is 82.2 cm³/mol. The molecule has 0 radical (unpaired) electrons. The smallest absolute Gasteiger partial charge is 0.0325 e. The van der Waals surface area contributed by atoms with Gasteiger partial charge in [0.25, 0.3) is 0 Å². The van der Waals surface area contributed by atoms with Crippen LogP contribution in [0.25, 0.3) is 0 Å². The Balaban J connectivity index is 2.43. The molecule has 1 rings (SSSR count). The summed E-state index contributed by atoms with van der Waals surface area (Å²) in [4.78, 5) is 3.87. The minimum atomic E-state index is 0.293. The van der Waals surface area contributed by atoms with Gasteiger partial charge >= 0.3 is 0 Å². The molecule has 1 aromatic rings. The van der Waals surface area contributed by atoms with Gasteiger partial charge in [-0.3, -0.25) is 0 Å². The van der Waals surface area contributed by atoms with Crippen LogP contribution >= 0.6 is 11.3 Å². The van der Waals surface area contributed by atoms with E-state index in [-0.39, 0.29) is 0 Å². The molecular weight excluding hydrogens is 240 g/mol. The van der Waals surface area contributed by atoms with Crippen molar-refractivity contribution < 1.29 is 0 Å². The van der Waals surface area contributed by atoms with Crippen LogP contribution in [0.5, 0.6) is 0 Å². The van der Waals surface area contributed by atoms with E-state index in [4.69, 9.17) is 0 Å². The first-order valence-corrected chi connectivity index (χ1v) is 7.78. The number of nitrogens with one attached hydrogen (secondary N) is 1. The molecular formula is C15H28N2S. The molecule has 2 nitrogen and oxygen atoms in total. The normalized spacial score (nSPS) is 14.1. The number of thiophene rings is 1. The van der Waals surface area contributed by atoms with Crippen LogP contribution in [0.2, 0.25) is 0 Å². The number of rotatable bonds is 8. The van der Waals surface area contributed by atoms with Gasteiger partial charge in [0, 0.05) is 24.0 Å². The van der Waals surface area contributed by atoms with Crippen LogP contribution < -0.4 is 5.32 Å². The van der Waals surface area contributed by atoms with Crippen LogP contribution in [0, 0.1) is 5.41 Å². The second kappa shape index (κ2) is 7.27. The van der Waals surface area contributed by atoms with Crippen LogP contribution in [-0.2, 0) is 6.54 Å². The molecule has 0 bridgehead atoms. The van der Waals surface area contributed by atoms with Crippen molar-refractivity contribution in [2.75, 3.05) is 20.1 Å². The summed E-state index contributed by atoms with van der Waals surface area (Å²) in [6.07, 6.45) is 1.20. The first-order valence-electron chi connectivity index (χ1n) is 6.90. The molecule has 0 aliphatic carbocycles. The summed E-state index contributed by atoms with van der Waals surface area (Å²) in [6, 6.07) is 4.89. The van der Waals surface area contributed by atoms with Gasteiger partial charge in [-0.05, 0) is 43.8 Å². The summed E-state index contributed by atoms with van der Waals surface area (Å²) in [5.74, 6) is 0. The molecule has 18 heavy (non-hydrogen) atoms. The quantitative estimate of drug-likeness (QED) is 0.775. The van der Waals surface area contributed by atoms with Gasteiger partial charge in [0.05, 0.1) is 0 Å². The Morgan fingerprint density at radius 3 is 2.72 bits per heavy atom. The summed E-state index contributed by atoms with van der Waals surface area (Å²) < 4.78 is 0. The number of hydrogen-bond acceptors (Lipinski definition) is 3. The Morgan fingerprint density at radius 2 is 2.17 bits per heavy atom. The fourth-order valence-electron chi connectivity index (χ4n) is 2.19. The molecule has 1 N–H and O–H groups in total. The molecule has 0 aliphatic heterocycles. The fourth-order valence-corrected chi connectivity index (χ4v) is 2.98. The summed E-state index contributed by atoms with van der Waals surface area (Å²) in [7, 11) is 2.22. The van der Waals surface area contributed by atoms with Gasteiger partial charge in [-0.25, -0.2) is 0 Å². The highest BCUT2D eigenvalue weighted by Gasteiger charge is 2.26. The van der Waals surface area contributed by atoms with Gasteiger partial charge in [0.1, 0.15) is 0 Å². The topological polar surface area (TPSA) is 15.3 Å². The largest absolute Gasteiger partial charge is 0.314 e. The van der Waals surface area contributed by atoms with Crippen molar-refractivity contribution in [2.45, 2.75) is 46.7 Å². The molecule has 0 aromatic carbocycles. The van der Waals surface area contributed by atoms with Crippen LogP contribution in [0.3, 0.4) is 0 Å². The standard InChI is InChI=1S/C15H28N2S/c1-6-9-16-13(2)15(3,4)12-17(5)11-14-8-7-10-18-14/h7-8,10,13,16H,6,9,11-12H2,1-5H3. The Bertz CT molecular complexity index is 319. The summed E-state index contributed by atoms with van der Waals surface area (Å²) in [6.45, 7) is 12.5. The zero-order chi connectivity index (χ0) is 13.6. The predicted octanol–water partition coefficient (Wildman–Crippen LogP) is 3.59. The van der Waals surface area contributed by atoms with Crippen molar-refractivity contribution in [3.05, 3.63) is 22.4 Å². The molecule has 1 heterocycles. The zero-order valence-electron chi connectivity index (χ0n) is 12.5. The van der Waals surface area contributed by atoms with Crippen molar-refractivity contribution in [1.29, 1.82) is 0 Å². The first kappa shape index (κ1) is 15.7. The van der Waals surface area contributed by atoms with Gasteiger partial charge in [-0.2, -0.15) is 0 Å². The highest BCUT2D eigenvalue weighted by atomic mass is 32.1. The highest BCUT2D eigenvalue weighted by molar-refractivity contribution is 7.09. The van der Waals surface area contributed by atoms with Gasteiger partial charge < -0.3 is 10.2 Å². The van der Waals surface area contributed by atoms with Crippen LogP contribution in [0.4, 0.5) is 0 Å². The summed E-state index contributed by atoms with van der Waals surface area (Å²) >= 11 is 1.84. The third-order valence-corrected chi connectivity index (χ3v) is 4.42. The molecule has 1 atom stereocenters. The maximum Gasteiger partial charge on any atom is 0.0325 e. The average Bonchev–Trinajstić information content (AvgIpc) is 2.77. The van der Waals surface area contributed by atoms with E-state index in [1.807, 2.05) is 11.3 Å². The van der Waals surface area contributed by atoms with E-state index in [9.17, 15) is 0 Å². The Morgan fingerprint density at radius 1 is 1.44 bits per heavy atom. The Labute approximate surface area is 116 Å². The molecule has 1 aromatic heterocycles. The van der Waals surface area contributed by atoms with Crippen molar-refractivity contribution in [3.63, 3.8) is 0 Å². The molecule has 0 aliphatic rings. The van der Waals surface area contributed by atoms with Crippen LogP contribution in [0.1, 0.15) is 39.0 Å². The second-order valence-corrected chi connectivity index (χ2v) is 6.95. The third-order valence-electron chi connectivity index (χ3n) is 3.56. The summed E-state index contributed by atoms with van der Waals surface area (Å²) in [5, 5.41) is 5.77. The van der Waals surface area contributed by atoms with E-state index < -0.39 is 0 Å². The minimum Gasteiger partial charge on any atom is -0.314 e. The SMILES string of the molecule is CCCNC(C)C(C)(C)CN(C)Cc1cccs1. The van der Waals surface area contributed by atoms with Crippen LogP contribution in [0.15, 0.2) is 17.5 Å². The molecule has 0 fully saturated rings. The third kappa shape index (κ3) is 5.09. The molecule has 3 heteroatoms. The average molecular weight is 268 g/mol. The lowest BCUT2D eigenvalue weighted by atomic mass is 9.84. The maximum atomic E-state index is 3.61. The van der Waals surface area contributed by atoms with E-state index in [0.29, 0.717) is 11.5 Å². The fraction of sp³-hybridized carbons (Fsp3) is 0.733. The van der Waals surface area contributed by atoms with Crippen LogP contribution in [-0.4, -0.2) is 31.1 Å². The van der Waals surface area contributed by atoms with E-state index in [1.54, 1.807) is 0 Å². The lowest BCUT2D eigenvalue weighted by molar-refractivity contribution is 0.161. The van der Waals surface area contributed by atoms with E-state index in [2.05, 4.69) is 62.5 Å². The molecule has 0 saturated heterocycles. The molecule has 104 valence electrons. The second-order valence-electron chi connectivity index (χ2n) is 5.92. The van der Waals surface area contributed by atoms with Crippen molar-refractivity contribution in [2.24, 2.45) is 5.41 Å². The zero-order valence-corrected chi connectivity index (χ0v) is 13.3. The van der Waals surface area contributed by atoms with Crippen molar-refractivity contribution in [1.82, 2.24) is 10.2 Å². The van der Waals surface area contributed by atoms with E-state index >= 15 is 0 Å². The van der Waals surface area contributed by atoms with Gasteiger partial charge in [0.2, 0.25) is 0 Å².